The number of amides is 2. The Hall–Kier alpha value is -2.34. The highest BCUT2D eigenvalue weighted by molar-refractivity contribution is 7.12. The lowest BCUT2D eigenvalue weighted by molar-refractivity contribution is -0.134. The molecule has 1 fully saturated rings. The largest absolute Gasteiger partial charge is 0.497 e. The molecule has 1 aliphatic rings. The van der Waals surface area contributed by atoms with Gasteiger partial charge in [-0.3, -0.25) is 9.59 Å². The zero-order valence-electron chi connectivity index (χ0n) is 14.5. The third kappa shape index (κ3) is 3.85. The van der Waals surface area contributed by atoms with E-state index >= 15 is 0 Å². The van der Waals surface area contributed by atoms with Crippen LogP contribution in [0.2, 0.25) is 0 Å². The van der Waals surface area contributed by atoms with E-state index in [4.69, 9.17) is 4.74 Å². The number of carbonyl (C=O) groups is 2. The lowest BCUT2D eigenvalue weighted by Crippen LogP contribution is -2.46. The van der Waals surface area contributed by atoms with Crippen LogP contribution in [0.15, 0.2) is 41.8 Å². The fourth-order valence-corrected chi connectivity index (χ4v) is 3.82. The number of nitrogens with zero attached hydrogens (tertiary/aromatic N) is 2. The average Bonchev–Trinajstić information content (AvgIpc) is 3.32. The Bertz CT molecular complexity index is 728. The van der Waals surface area contributed by atoms with Crippen molar-refractivity contribution in [1.82, 2.24) is 9.80 Å². The molecule has 1 aromatic carbocycles. The van der Waals surface area contributed by atoms with Crippen LogP contribution in [0.25, 0.3) is 0 Å². The van der Waals surface area contributed by atoms with E-state index in [9.17, 15) is 9.59 Å². The van der Waals surface area contributed by atoms with Gasteiger partial charge in [-0.2, -0.15) is 0 Å². The monoisotopic (exact) mass is 358 g/mol. The second kappa shape index (κ2) is 7.70. The zero-order valence-corrected chi connectivity index (χ0v) is 15.3. The third-order valence-electron chi connectivity index (χ3n) is 4.49. The predicted octanol–water partition coefficient (Wildman–Crippen LogP) is 3.02. The average molecular weight is 358 g/mol. The molecule has 0 radical (unpaired) electrons. The number of benzene rings is 1. The molecule has 5 nitrogen and oxygen atoms in total. The van der Waals surface area contributed by atoms with E-state index in [-0.39, 0.29) is 17.9 Å². The number of thiophene rings is 1. The normalized spacial score (nSPS) is 16.7. The first-order valence-electron chi connectivity index (χ1n) is 8.32. The number of hydrogen-bond acceptors (Lipinski definition) is 4. The van der Waals surface area contributed by atoms with E-state index < -0.39 is 0 Å². The number of ether oxygens (including phenoxy) is 1. The number of likely N-dealkylation sites (tertiary alicyclic amines) is 1. The van der Waals surface area contributed by atoms with Crippen LogP contribution >= 0.6 is 11.3 Å². The van der Waals surface area contributed by atoms with E-state index in [1.54, 1.807) is 24.0 Å². The van der Waals surface area contributed by atoms with Crippen LogP contribution in [0.3, 0.4) is 0 Å². The van der Waals surface area contributed by atoms with E-state index in [0.29, 0.717) is 18.0 Å². The van der Waals surface area contributed by atoms with Crippen molar-refractivity contribution in [2.75, 3.05) is 20.7 Å². The molecule has 6 heteroatoms. The first kappa shape index (κ1) is 17.5. The summed E-state index contributed by atoms with van der Waals surface area (Å²) in [5.41, 5.74) is 1.03. The first-order chi connectivity index (χ1) is 12.1. The van der Waals surface area contributed by atoms with Crippen molar-refractivity contribution >= 4 is 23.2 Å². The number of methoxy groups -OCH3 is 1. The molecular weight excluding hydrogens is 336 g/mol. The summed E-state index contributed by atoms with van der Waals surface area (Å²) in [5, 5.41) is 1.88. The van der Waals surface area contributed by atoms with Crippen molar-refractivity contribution in [2.45, 2.75) is 25.4 Å². The summed E-state index contributed by atoms with van der Waals surface area (Å²) in [6.07, 6.45) is 1.59. The van der Waals surface area contributed by atoms with Gasteiger partial charge >= 0.3 is 0 Å². The van der Waals surface area contributed by atoms with Crippen molar-refractivity contribution in [1.29, 1.82) is 0 Å². The lowest BCUT2D eigenvalue weighted by atomic mass is 10.1. The van der Waals surface area contributed by atoms with Crippen molar-refractivity contribution in [3.8, 4) is 5.75 Å². The van der Waals surface area contributed by atoms with Crippen molar-refractivity contribution in [3.63, 3.8) is 0 Å². The SMILES string of the molecule is COc1ccc(CN(C)C(=O)[C@@H]2CCCN2C(=O)c2cccs2)cc1. The minimum Gasteiger partial charge on any atom is -0.497 e. The van der Waals surface area contributed by atoms with Gasteiger partial charge in [-0.05, 0) is 42.0 Å². The molecule has 3 rings (SSSR count). The zero-order chi connectivity index (χ0) is 17.8. The highest BCUT2D eigenvalue weighted by Crippen LogP contribution is 2.24. The summed E-state index contributed by atoms with van der Waals surface area (Å²) >= 11 is 1.42. The van der Waals surface area contributed by atoms with E-state index in [2.05, 4.69) is 0 Å². The summed E-state index contributed by atoms with van der Waals surface area (Å²) in [5.74, 6) is 0.753. The molecule has 0 saturated carbocycles. The van der Waals surface area contributed by atoms with Crippen LogP contribution in [0, 0.1) is 0 Å². The maximum Gasteiger partial charge on any atom is 0.264 e. The smallest absolute Gasteiger partial charge is 0.264 e. The summed E-state index contributed by atoms with van der Waals surface area (Å²) in [7, 11) is 3.42. The molecule has 1 aromatic heterocycles. The van der Waals surface area contributed by atoms with E-state index in [1.165, 1.54) is 11.3 Å². The fourth-order valence-electron chi connectivity index (χ4n) is 3.15. The van der Waals surface area contributed by atoms with Gasteiger partial charge < -0.3 is 14.5 Å². The molecule has 1 saturated heterocycles. The second-order valence-electron chi connectivity index (χ2n) is 6.18. The van der Waals surface area contributed by atoms with Gasteiger partial charge in [0.25, 0.3) is 5.91 Å². The molecule has 25 heavy (non-hydrogen) atoms. The molecule has 1 atom stereocenters. The summed E-state index contributed by atoms with van der Waals surface area (Å²) in [6.45, 7) is 1.16. The molecule has 0 N–H and O–H groups in total. The molecule has 2 amide bonds. The third-order valence-corrected chi connectivity index (χ3v) is 5.34. The molecule has 0 unspecified atom stereocenters. The predicted molar refractivity (Wildman–Crippen MR) is 97.8 cm³/mol. The van der Waals surface area contributed by atoms with Crippen LogP contribution in [-0.4, -0.2) is 48.4 Å². The fraction of sp³-hybridized carbons (Fsp3) is 0.368. The van der Waals surface area contributed by atoms with Crippen molar-refractivity contribution in [2.24, 2.45) is 0 Å². The molecule has 0 spiro atoms. The quantitative estimate of drug-likeness (QED) is 0.825. The summed E-state index contributed by atoms with van der Waals surface area (Å²) in [4.78, 5) is 29.6. The number of hydrogen-bond donors (Lipinski definition) is 0. The lowest BCUT2D eigenvalue weighted by Gasteiger charge is -2.28. The van der Waals surface area contributed by atoms with Gasteiger partial charge in [-0.15, -0.1) is 11.3 Å². The number of rotatable bonds is 5. The molecule has 0 bridgehead atoms. The Labute approximate surface area is 151 Å². The van der Waals surface area contributed by atoms with Crippen molar-refractivity contribution < 1.29 is 14.3 Å². The Balaban J connectivity index is 1.66. The Kier molecular flexibility index (Phi) is 5.38. The van der Waals surface area contributed by atoms with Gasteiger partial charge in [0.05, 0.1) is 12.0 Å². The van der Waals surface area contributed by atoms with E-state index in [0.717, 1.165) is 24.2 Å². The summed E-state index contributed by atoms with van der Waals surface area (Å²) < 4.78 is 5.15. The topological polar surface area (TPSA) is 49.9 Å². The highest BCUT2D eigenvalue weighted by atomic mass is 32.1. The van der Waals surface area contributed by atoms with Crippen LogP contribution < -0.4 is 4.74 Å². The van der Waals surface area contributed by atoms with Gasteiger partial charge in [0, 0.05) is 20.1 Å². The Morgan fingerprint density at radius 2 is 2.04 bits per heavy atom. The van der Waals surface area contributed by atoms with Crippen LogP contribution in [0.5, 0.6) is 5.75 Å². The van der Waals surface area contributed by atoms with Crippen molar-refractivity contribution in [3.05, 3.63) is 52.2 Å². The van der Waals surface area contributed by atoms with Crippen LogP contribution in [0.1, 0.15) is 28.1 Å². The molecule has 0 aliphatic carbocycles. The molecule has 2 heterocycles. The van der Waals surface area contributed by atoms with Gasteiger partial charge in [-0.1, -0.05) is 18.2 Å². The Morgan fingerprint density at radius 3 is 2.68 bits per heavy atom. The molecule has 132 valence electrons. The van der Waals surface area contributed by atoms with Gasteiger partial charge in [-0.25, -0.2) is 0 Å². The minimum atomic E-state index is -0.363. The number of carbonyl (C=O) groups excluding carboxylic acids is 2. The van der Waals surface area contributed by atoms with Crippen LogP contribution in [-0.2, 0) is 11.3 Å². The molecular formula is C19H22N2O3S. The van der Waals surface area contributed by atoms with Gasteiger partial charge in [0.1, 0.15) is 11.8 Å². The first-order valence-corrected chi connectivity index (χ1v) is 9.20. The standard InChI is InChI=1S/C19H22N2O3S/c1-20(13-14-7-9-15(24-2)10-8-14)18(22)16-5-3-11-21(16)19(23)17-6-4-12-25-17/h4,6-10,12,16H,3,5,11,13H2,1-2H3/t16-/m0/s1. The summed E-state index contributed by atoms with van der Waals surface area (Å²) in [6, 6.07) is 11.0. The highest BCUT2D eigenvalue weighted by Gasteiger charge is 2.36. The molecule has 2 aromatic rings. The van der Waals surface area contributed by atoms with E-state index in [1.807, 2.05) is 41.8 Å². The van der Waals surface area contributed by atoms with Gasteiger partial charge in [0.15, 0.2) is 0 Å². The number of likely N-dealkylation sites (N-methyl/N-ethyl adjacent to an activating group) is 1. The minimum absolute atomic E-state index is 0.00164. The van der Waals surface area contributed by atoms with Gasteiger partial charge in [0.2, 0.25) is 5.91 Å². The molecule has 1 aliphatic heterocycles. The van der Waals surface area contributed by atoms with Crippen LogP contribution in [0.4, 0.5) is 0 Å². The maximum absolute atomic E-state index is 12.9. The Morgan fingerprint density at radius 1 is 1.28 bits per heavy atom. The second-order valence-corrected chi connectivity index (χ2v) is 7.12. The maximum atomic E-state index is 12.9.